The van der Waals surface area contributed by atoms with Crippen LogP contribution >= 0.6 is 0 Å². The summed E-state index contributed by atoms with van der Waals surface area (Å²) in [6, 6.07) is 8.73. The van der Waals surface area contributed by atoms with Gasteiger partial charge in [-0.3, -0.25) is 4.79 Å². The van der Waals surface area contributed by atoms with Crippen molar-refractivity contribution in [1.29, 1.82) is 0 Å². The fourth-order valence-corrected chi connectivity index (χ4v) is 6.58. The summed E-state index contributed by atoms with van der Waals surface area (Å²) < 4.78 is 30.2. The van der Waals surface area contributed by atoms with Gasteiger partial charge in [-0.05, 0) is 31.2 Å². The minimum Gasteiger partial charge on any atom is -0.378 e. The number of carbonyl (C=O) groups is 1. The standard InChI is InChI=1S/C23H36N4O4S/c1-18(32(29,30)13-8-24)21(28)27-16-22(2)14-26(15-23(22,3)17-27)20-6-4-19(5-7-20)25-9-11-31-12-10-25/h4-7,18H,8-17,24H2,1-3H3/t18?,22-,23+. The van der Waals surface area contributed by atoms with E-state index >= 15 is 0 Å². The molecule has 0 spiro atoms. The topological polar surface area (TPSA) is 96.2 Å². The van der Waals surface area contributed by atoms with Crippen molar-refractivity contribution >= 4 is 27.1 Å². The minimum atomic E-state index is -3.52. The first-order valence-electron chi connectivity index (χ1n) is 11.5. The van der Waals surface area contributed by atoms with E-state index in [1.54, 1.807) is 4.90 Å². The van der Waals surface area contributed by atoms with Gasteiger partial charge in [0.05, 0.1) is 19.0 Å². The summed E-state index contributed by atoms with van der Waals surface area (Å²) in [4.78, 5) is 19.5. The number of likely N-dealkylation sites (tertiary alicyclic amines) is 1. The van der Waals surface area contributed by atoms with Crippen molar-refractivity contribution in [1.82, 2.24) is 4.90 Å². The summed E-state index contributed by atoms with van der Waals surface area (Å²) in [5.41, 5.74) is 7.65. The highest BCUT2D eigenvalue weighted by Crippen LogP contribution is 2.52. The largest absolute Gasteiger partial charge is 0.378 e. The number of anilines is 2. The quantitative estimate of drug-likeness (QED) is 0.670. The molecule has 0 aromatic heterocycles. The summed E-state index contributed by atoms with van der Waals surface area (Å²) in [6.45, 7) is 12.2. The molecule has 0 aliphatic carbocycles. The lowest BCUT2D eigenvalue weighted by atomic mass is 9.71. The van der Waals surface area contributed by atoms with Gasteiger partial charge in [0.2, 0.25) is 5.91 Å². The number of amides is 1. The first-order chi connectivity index (χ1) is 15.1. The average molecular weight is 465 g/mol. The fourth-order valence-electron chi connectivity index (χ4n) is 5.45. The Hall–Kier alpha value is -1.84. The van der Waals surface area contributed by atoms with Crippen molar-refractivity contribution in [2.24, 2.45) is 16.6 Å². The van der Waals surface area contributed by atoms with Gasteiger partial charge in [-0.1, -0.05) is 13.8 Å². The van der Waals surface area contributed by atoms with E-state index in [1.807, 2.05) is 0 Å². The zero-order valence-corrected chi connectivity index (χ0v) is 20.2. The Morgan fingerprint density at radius 1 is 1.00 bits per heavy atom. The molecular weight excluding hydrogens is 428 g/mol. The molecule has 3 heterocycles. The van der Waals surface area contributed by atoms with E-state index in [4.69, 9.17) is 10.5 Å². The van der Waals surface area contributed by atoms with E-state index in [0.717, 1.165) is 39.4 Å². The Labute approximate surface area is 191 Å². The molecule has 1 aromatic carbocycles. The number of ether oxygens (including phenoxy) is 1. The third-order valence-corrected chi connectivity index (χ3v) is 9.89. The van der Waals surface area contributed by atoms with Crippen LogP contribution < -0.4 is 15.5 Å². The van der Waals surface area contributed by atoms with Gasteiger partial charge in [-0.2, -0.15) is 0 Å². The van der Waals surface area contributed by atoms with Crippen LogP contribution in [0.1, 0.15) is 20.8 Å². The van der Waals surface area contributed by atoms with E-state index in [1.165, 1.54) is 18.3 Å². The molecule has 0 bridgehead atoms. The van der Waals surface area contributed by atoms with E-state index in [2.05, 4.69) is 47.9 Å². The lowest BCUT2D eigenvalue weighted by Crippen LogP contribution is -2.44. The van der Waals surface area contributed by atoms with Gasteiger partial charge in [0.1, 0.15) is 5.25 Å². The van der Waals surface area contributed by atoms with Gasteiger partial charge in [0.25, 0.3) is 0 Å². The maximum atomic E-state index is 13.0. The van der Waals surface area contributed by atoms with Crippen LogP contribution in [0.25, 0.3) is 0 Å². The van der Waals surface area contributed by atoms with E-state index < -0.39 is 15.1 Å². The molecule has 8 nitrogen and oxygen atoms in total. The van der Waals surface area contributed by atoms with Gasteiger partial charge in [0, 0.05) is 68.0 Å². The van der Waals surface area contributed by atoms with Gasteiger partial charge in [0.15, 0.2) is 9.84 Å². The molecular formula is C23H36N4O4S. The molecule has 3 aliphatic heterocycles. The molecule has 3 atom stereocenters. The van der Waals surface area contributed by atoms with Crippen LogP contribution in [0.15, 0.2) is 24.3 Å². The van der Waals surface area contributed by atoms with Gasteiger partial charge in [-0.25, -0.2) is 8.42 Å². The summed E-state index contributed by atoms with van der Waals surface area (Å²) in [5.74, 6) is -0.451. The van der Waals surface area contributed by atoms with Crippen molar-refractivity contribution in [3.05, 3.63) is 24.3 Å². The second-order valence-corrected chi connectivity index (χ2v) is 12.5. The van der Waals surface area contributed by atoms with Crippen LogP contribution in [0.2, 0.25) is 0 Å². The Kier molecular flexibility index (Phi) is 6.19. The van der Waals surface area contributed by atoms with Crippen molar-refractivity contribution in [3.8, 4) is 0 Å². The van der Waals surface area contributed by atoms with Crippen LogP contribution in [0, 0.1) is 10.8 Å². The molecule has 1 amide bonds. The smallest absolute Gasteiger partial charge is 0.240 e. The van der Waals surface area contributed by atoms with Gasteiger partial charge < -0.3 is 25.2 Å². The van der Waals surface area contributed by atoms with Crippen LogP contribution in [0.3, 0.4) is 0 Å². The normalized spacial score (nSPS) is 29.3. The number of carbonyl (C=O) groups excluding carboxylic acids is 1. The number of morpholine rings is 1. The molecule has 178 valence electrons. The number of sulfone groups is 1. The number of nitrogens with two attached hydrogens (primary N) is 1. The van der Waals surface area contributed by atoms with E-state index in [0.29, 0.717) is 13.1 Å². The number of hydrogen-bond donors (Lipinski definition) is 1. The molecule has 3 fully saturated rings. The molecule has 3 saturated heterocycles. The highest BCUT2D eigenvalue weighted by molar-refractivity contribution is 7.92. The Bertz CT molecular complexity index is 927. The summed E-state index contributed by atoms with van der Waals surface area (Å²) in [6.07, 6.45) is 0. The minimum absolute atomic E-state index is 0.0364. The Balaban J connectivity index is 1.44. The second-order valence-electron chi connectivity index (χ2n) is 10.1. The monoisotopic (exact) mass is 464 g/mol. The average Bonchev–Trinajstić information content (AvgIpc) is 3.17. The van der Waals surface area contributed by atoms with Crippen molar-refractivity contribution in [3.63, 3.8) is 0 Å². The first kappa shape index (κ1) is 23.3. The molecule has 9 heteroatoms. The SMILES string of the molecule is CC(C(=O)N1C[C@@]2(C)CN(c3ccc(N4CCOCC4)cc3)C[C@@]2(C)C1)S(=O)(=O)CCN. The highest BCUT2D eigenvalue weighted by Gasteiger charge is 2.59. The molecule has 32 heavy (non-hydrogen) atoms. The molecule has 4 rings (SSSR count). The van der Waals surface area contributed by atoms with Crippen LogP contribution in [-0.2, 0) is 19.4 Å². The molecule has 0 radical (unpaired) electrons. The number of benzene rings is 1. The summed E-state index contributed by atoms with van der Waals surface area (Å²) >= 11 is 0. The fraction of sp³-hybridized carbons (Fsp3) is 0.696. The van der Waals surface area contributed by atoms with Crippen LogP contribution in [0.4, 0.5) is 11.4 Å². The molecule has 0 saturated carbocycles. The zero-order chi connectivity index (χ0) is 23.1. The van der Waals surface area contributed by atoms with E-state index in [-0.39, 0.29) is 29.0 Å². The maximum Gasteiger partial charge on any atom is 0.240 e. The number of fused-ring (bicyclic) bond motifs is 1. The third kappa shape index (κ3) is 4.10. The Morgan fingerprint density at radius 3 is 2.00 bits per heavy atom. The van der Waals surface area contributed by atoms with Crippen molar-refractivity contribution < 1.29 is 17.9 Å². The second kappa shape index (κ2) is 8.50. The number of hydrogen-bond acceptors (Lipinski definition) is 7. The third-order valence-electron chi connectivity index (χ3n) is 7.81. The highest BCUT2D eigenvalue weighted by atomic mass is 32.2. The van der Waals surface area contributed by atoms with Crippen LogP contribution in [0.5, 0.6) is 0 Å². The zero-order valence-electron chi connectivity index (χ0n) is 19.4. The van der Waals surface area contributed by atoms with Crippen LogP contribution in [-0.4, -0.2) is 89.3 Å². The van der Waals surface area contributed by atoms with Crippen molar-refractivity contribution in [2.75, 3.05) is 74.6 Å². The van der Waals surface area contributed by atoms with Crippen molar-refractivity contribution in [2.45, 2.75) is 26.0 Å². The summed E-state index contributed by atoms with van der Waals surface area (Å²) in [7, 11) is -3.52. The molecule has 1 unspecified atom stereocenters. The maximum absolute atomic E-state index is 13.0. The number of rotatable bonds is 6. The lowest BCUT2D eigenvalue weighted by Gasteiger charge is -2.30. The molecule has 1 aromatic rings. The Morgan fingerprint density at radius 2 is 1.50 bits per heavy atom. The molecule has 3 aliphatic rings. The summed E-state index contributed by atoms with van der Waals surface area (Å²) in [5, 5.41) is -1.04. The first-order valence-corrected chi connectivity index (χ1v) is 13.2. The predicted octanol–water partition coefficient (Wildman–Crippen LogP) is 0.960. The number of nitrogens with zero attached hydrogens (tertiary/aromatic N) is 3. The predicted molar refractivity (Wildman–Crippen MR) is 127 cm³/mol. The van der Waals surface area contributed by atoms with Gasteiger partial charge in [-0.15, -0.1) is 0 Å². The molecule has 2 N–H and O–H groups in total. The van der Waals surface area contributed by atoms with Gasteiger partial charge >= 0.3 is 0 Å². The lowest BCUT2D eigenvalue weighted by molar-refractivity contribution is -0.130. The van der Waals surface area contributed by atoms with E-state index in [9.17, 15) is 13.2 Å².